The molecule has 1 heterocycles. The number of aromatic nitrogens is 2. The predicted octanol–water partition coefficient (Wildman–Crippen LogP) is 1.16. The van der Waals surface area contributed by atoms with Crippen LogP contribution in [-0.4, -0.2) is 22.2 Å². The van der Waals surface area contributed by atoms with Crippen molar-refractivity contribution in [3.8, 4) is 0 Å². The second kappa shape index (κ2) is 5.67. The Morgan fingerprint density at radius 1 is 1.42 bits per heavy atom. The zero-order valence-corrected chi connectivity index (χ0v) is 11.1. The molecular formula is C14H18N4O. The van der Waals surface area contributed by atoms with E-state index in [9.17, 15) is 4.79 Å². The largest absolute Gasteiger partial charge is 0.350 e. The topological polar surface area (TPSA) is 72.9 Å². The lowest BCUT2D eigenvalue weighted by Gasteiger charge is -2.12. The molecule has 0 saturated carbocycles. The van der Waals surface area contributed by atoms with Gasteiger partial charge in [-0.2, -0.15) is 5.10 Å². The highest BCUT2D eigenvalue weighted by atomic mass is 16.1. The van der Waals surface area contributed by atoms with Crippen LogP contribution in [0, 0.1) is 6.92 Å². The maximum atomic E-state index is 12.0. The lowest BCUT2D eigenvalue weighted by Crippen LogP contribution is -2.32. The van der Waals surface area contributed by atoms with Crippen molar-refractivity contribution in [2.45, 2.75) is 13.0 Å². The molecule has 0 radical (unpaired) electrons. The highest BCUT2D eigenvalue weighted by Gasteiger charge is 2.13. The van der Waals surface area contributed by atoms with Crippen molar-refractivity contribution in [2.75, 3.05) is 6.54 Å². The lowest BCUT2D eigenvalue weighted by atomic mass is 10.1. The second-order valence-electron chi connectivity index (χ2n) is 4.53. The minimum Gasteiger partial charge on any atom is -0.350 e. The number of nitrogens with zero attached hydrogens (tertiary/aromatic N) is 2. The van der Waals surface area contributed by atoms with Crippen molar-refractivity contribution in [2.24, 2.45) is 12.8 Å². The molecule has 5 heteroatoms. The fourth-order valence-electron chi connectivity index (χ4n) is 1.94. The van der Waals surface area contributed by atoms with E-state index in [1.54, 1.807) is 17.9 Å². The van der Waals surface area contributed by atoms with Crippen molar-refractivity contribution in [3.63, 3.8) is 0 Å². The molecule has 2 aromatic rings. The first-order chi connectivity index (χ1) is 9.08. The number of benzene rings is 1. The van der Waals surface area contributed by atoms with Gasteiger partial charge in [0.25, 0.3) is 5.91 Å². The molecule has 0 bridgehead atoms. The number of carbonyl (C=O) groups is 1. The van der Waals surface area contributed by atoms with Gasteiger partial charge in [0.15, 0.2) is 0 Å². The standard InChI is InChI=1S/C14H18N4O/c1-10-12(9-18(2)17-10)14(19)16-8-13(15)11-6-4-3-5-7-11/h3-7,9,13H,8,15H2,1-2H3,(H,16,19). The van der Waals surface area contributed by atoms with Crippen molar-refractivity contribution in [1.82, 2.24) is 15.1 Å². The summed E-state index contributed by atoms with van der Waals surface area (Å²) in [4.78, 5) is 12.0. The molecule has 0 aliphatic rings. The fourth-order valence-corrected chi connectivity index (χ4v) is 1.94. The van der Waals surface area contributed by atoms with Crippen molar-refractivity contribution in [1.29, 1.82) is 0 Å². The molecule has 3 N–H and O–H groups in total. The van der Waals surface area contributed by atoms with E-state index in [0.29, 0.717) is 17.8 Å². The van der Waals surface area contributed by atoms with Gasteiger partial charge in [0, 0.05) is 25.8 Å². The Morgan fingerprint density at radius 2 is 2.11 bits per heavy atom. The van der Waals surface area contributed by atoms with Crippen LogP contribution in [0.3, 0.4) is 0 Å². The third-order valence-electron chi connectivity index (χ3n) is 2.97. The second-order valence-corrected chi connectivity index (χ2v) is 4.53. The number of nitrogens with one attached hydrogen (secondary N) is 1. The number of carbonyl (C=O) groups excluding carboxylic acids is 1. The molecule has 2 rings (SSSR count). The zero-order valence-electron chi connectivity index (χ0n) is 11.1. The number of nitrogens with two attached hydrogens (primary N) is 1. The summed E-state index contributed by atoms with van der Waals surface area (Å²) in [6.07, 6.45) is 1.71. The molecule has 1 aromatic heterocycles. The molecule has 1 amide bonds. The van der Waals surface area contributed by atoms with Gasteiger partial charge in [-0.15, -0.1) is 0 Å². The minimum absolute atomic E-state index is 0.142. The molecule has 5 nitrogen and oxygen atoms in total. The number of rotatable bonds is 4. The average Bonchev–Trinajstić information content (AvgIpc) is 2.75. The van der Waals surface area contributed by atoms with Gasteiger partial charge in [-0.3, -0.25) is 9.48 Å². The Morgan fingerprint density at radius 3 is 2.68 bits per heavy atom. The summed E-state index contributed by atoms with van der Waals surface area (Å²) in [5.41, 5.74) is 8.34. The zero-order chi connectivity index (χ0) is 13.8. The molecule has 1 atom stereocenters. The summed E-state index contributed by atoms with van der Waals surface area (Å²) in [6.45, 7) is 2.21. The first-order valence-corrected chi connectivity index (χ1v) is 6.17. The van der Waals surface area contributed by atoms with Gasteiger partial charge in [-0.1, -0.05) is 30.3 Å². The first-order valence-electron chi connectivity index (χ1n) is 6.17. The first kappa shape index (κ1) is 13.3. The van der Waals surface area contributed by atoms with E-state index < -0.39 is 0 Å². The van der Waals surface area contributed by atoms with Gasteiger partial charge in [-0.05, 0) is 12.5 Å². The number of hydrogen-bond acceptors (Lipinski definition) is 3. The lowest BCUT2D eigenvalue weighted by molar-refractivity contribution is 0.0950. The van der Waals surface area contributed by atoms with Gasteiger partial charge in [0.2, 0.25) is 0 Å². The Labute approximate surface area is 112 Å². The average molecular weight is 258 g/mol. The smallest absolute Gasteiger partial charge is 0.254 e. The van der Waals surface area contributed by atoms with Gasteiger partial charge >= 0.3 is 0 Å². The van der Waals surface area contributed by atoms with Gasteiger partial charge in [0.1, 0.15) is 0 Å². The van der Waals surface area contributed by atoms with Gasteiger partial charge < -0.3 is 11.1 Å². The van der Waals surface area contributed by atoms with Crippen LogP contribution in [0.5, 0.6) is 0 Å². The molecule has 0 spiro atoms. The van der Waals surface area contributed by atoms with Crippen LogP contribution in [0.1, 0.15) is 27.7 Å². The number of hydrogen-bond donors (Lipinski definition) is 2. The monoisotopic (exact) mass is 258 g/mol. The molecule has 100 valence electrons. The van der Waals surface area contributed by atoms with Crippen LogP contribution in [0.25, 0.3) is 0 Å². The van der Waals surface area contributed by atoms with Crippen molar-refractivity contribution >= 4 is 5.91 Å². The van der Waals surface area contributed by atoms with Crippen LogP contribution in [0.2, 0.25) is 0 Å². The van der Waals surface area contributed by atoms with Crippen LogP contribution in [0.15, 0.2) is 36.5 Å². The Kier molecular flexibility index (Phi) is 3.97. The maximum Gasteiger partial charge on any atom is 0.254 e. The highest BCUT2D eigenvalue weighted by molar-refractivity contribution is 5.95. The SMILES string of the molecule is Cc1nn(C)cc1C(=O)NCC(N)c1ccccc1. The molecular weight excluding hydrogens is 240 g/mol. The minimum atomic E-state index is -0.206. The van der Waals surface area contributed by atoms with Gasteiger partial charge in [-0.25, -0.2) is 0 Å². The number of aryl methyl sites for hydroxylation is 2. The van der Waals surface area contributed by atoms with E-state index in [1.807, 2.05) is 37.3 Å². The number of amides is 1. The van der Waals surface area contributed by atoms with Crippen LogP contribution in [0.4, 0.5) is 0 Å². The van der Waals surface area contributed by atoms with E-state index in [1.165, 1.54) is 0 Å². The van der Waals surface area contributed by atoms with Crippen molar-refractivity contribution < 1.29 is 4.79 Å². The predicted molar refractivity (Wildman–Crippen MR) is 73.6 cm³/mol. The van der Waals surface area contributed by atoms with E-state index in [-0.39, 0.29) is 11.9 Å². The quantitative estimate of drug-likeness (QED) is 0.864. The van der Waals surface area contributed by atoms with Crippen molar-refractivity contribution in [3.05, 3.63) is 53.3 Å². The molecule has 1 aromatic carbocycles. The normalized spacial score (nSPS) is 12.2. The maximum absolute atomic E-state index is 12.0. The molecule has 0 saturated heterocycles. The van der Waals surface area contributed by atoms with E-state index in [4.69, 9.17) is 5.73 Å². The van der Waals surface area contributed by atoms with Crippen LogP contribution >= 0.6 is 0 Å². The summed E-state index contributed by atoms with van der Waals surface area (Å²) in [6, 6.07) is 9.50. The summed E-state index contributed by atoms with van der Waals surface area (Å²) >= 11 is 0. The molecule has 1 unspecified atom stereocenters. The van der Waals surface area contributed by atoms with E-state index in [0.717, 1.165) is 5.56 Å². The molecule has 0 fully saturated rings. The van der Waals surface area contributed by atoms with Crippen LogP contribution in [-0.2, 0) is 7.05 Å². The fraction of sp³-hybridized carbons (Fsp3) is 0.286. The van der Waals surface area contributed by atoms with E-state index in [2.05, 4.69) is 10.4 Å². The summed E-state index contributed by atoms with van der Waals surface area (Å²) in [5, 5.41) is 6.98. The van der Waals surface area contributed by atoms with Gasteiger partial charge in [0.05, 0.1) is 11.3 Å². The molecule has 0 aliphatic carbocycles. The third kappa shape index (κ3) is 3.20. The molecule has 19 heavy (non-hydrogen) atoms. The summed E-state index contributed by atoms with van der Waals surface area (Å²) in [7, 11) is 1.79. The Balaban J connectivity index is 1.96. The highest BCUT2D eigenvalue weighted by Crippen LogP contribution is 2.09. The third-order valence-corrected chi connectivity index (χ3v) is 2.97. The summed E-state index contributed by atoms with van der Waals surface area (Å²) < 4.78 is 1.63. The van der Waals surface area contributed by atoms with E-state index >= 15 is 0 Å². The van der Waals surface area contributed by atoms with Crippen LogP contribution < -0.4 is 11.1 Å². The Bertz CT molecular complexity index is 562. The molecule has 0 aliphatic heterocycles. The summed E-state index contributed by atoms with van der Waals surface area (Å²) in [5.74, 6) is -0.142. The Hall–Kier alpha value is -2.14.